The van der Waals surface area contributed by atoms with E-state index in [2.05, 4.69) is 10.3 Å². The SMILES string of the molecule is Nc1ncccc1-c1nc2ccc(-c3ccccc3)nc2n1-c1ccc(CNC(=O)c2ccc(C3CCCCCCC3)nc2)cc1. The zero-order valence-corrected chi connectivity index (χ0v) is 25.8. The van der Waals surface area contributed by atoms with Crippen LogP contribution in [-0.4, -0.2) is 30.4 Å². The summed E-state index contributed by atoms with van der Waals surface area (Å²) in [6.45, 7) is 0.396. The van der Waals surface area contributed by atoms with Gasteiger partial charge < -0.3 is 11.1 Å². The third-order valence-corrected chi connectivity index (χ3v) is 8.87. The normalized spacial score (nSPS) is 14.1. The van der Waals surface area contributed by atoms with Gasteiger partial charge in [-0.25, -0.2) is 15.0 Å². The third kappa shape index (κ3) is 6.24. The monoisotopic (exact) mass is 607 g/mol. The van der Waals surface area contributed by atoms with Crippen molar-refractivity contribution in [1.29, 1.82) is 0 Å². The first kappa shape index (κ1) is 29.3. The number of aromatic nitrogens is 5. The summed E-state index contributed by atoms with van der Waals surface area (Å²) >= 11 is 0. The number of benzene rings is 2. The number of amides is 1. The number of hydrogen-bond donors (Lipinski definition) is 2. The van der Waals surface area contributed by atoms with Crippen LogP contribution in [0, 0.1) is 0 Å². The lowest BCUT2D eigenvalue weighted by Gasteiger charge is -2.19. The Morgan fingerprint density at radius 1 is 0.804 bits per heavy atom. The Morgan fingerprint density at radius 2 is 1.59 bits per heavy atom. The van der Waals surface area contributed by atoms with Crippen molar-refractivity contribution in [2.24, 2.45) is 0 Å². The Kier molecular flexibility index (Phi) is 8.50. The highest BCUT2D eigenvalue weighted by Gasteiger charge is 2.19. The molecule has 4 heterocycles. The van der Waals surface area contributed by atoms with Crippen molar-refractivity contribution in [3.05, 3.63) is 120 Å². The molecule has 0 bridgehead atoms. The van der Waals surface area contributed by atoms with Gasteiger partial charge in [0, 0.05) is 41.8 Å². The van der Waals surface area contributed by atoms with E-state index in [1.807, 2.05) is 95.6 Å². The molecular weight excluding hydrogens is 570 g/mol. The number of fused-ring (bicyclic) bond motifs is 1. The van der Waals surface area contributed by atoms with Gasteiger partial charge in [0.05, 0.1) is 16.8 Å². The Balaban J connectivity index is 1.12. The molecule has 6 aromatic rings. The lowest BCUT2D eigenvalue weighted by Crippen LogP contribution is -2.23. The zero-order valence-electron chi connectivity index (χ0n) is 25.8. The Hall–Kier alpha value is -5.37. The van der Waals surface area contributed by atoms with E-state index < -0.39 is 0 Å². The molecule has 1 fully saturated rings. The Bertz CT molecular complexity index is 1940. The van der Waals surface area contributed by atoms with E-state index in [-0.39, 0.29) is 5.91 Å². The lowest BCUT2D eigenvalue weighted by atomic mass is 9.88. The largest absolute Gasteiger partial charge is 0.383 e. The molecule has 0 aliphatic heterocycles. The number of pyridine rings is 3. The molecule has 0 atom stereocenters. The molecule has 1 amide bonds. The molecule has 8 nitrogen and oxygen atoms in total. The van der Waals surface area contributed by atoms with Crippen molar-refractivity contribution in [2.75, 3.05) is 5.73 Å². The first-order valence-corrected chi connectivity index (χ1v) is 16.1. The second-order valence-corrected chi connectivity index (χ2v) is 12.0. The van der Waals surface area contributed by atoms with Gasteiger partial charge in [-0.3, -0.25) is 14.3 Å². The molecule has 7 rings (SSSR count). The number of carbonyl (C=O) groups is 1. The number of nitrogens with zero attached hydrogens (tertiary/aromatic N) is 5. The highest BCUT2D eigenvalue weighted by atomic mass is 16.1. The predicted molar refractivity (Wildman–Crippen MR) is 182 cm³/mol. The van der Waals surface area contributed by atoms with Gasteiger partial charge in [0.25, 0.3) is 5.91 Å². The Morgan fingerprint density at radius 3 is 2.33 bits per heavy atom. The van der Waals surface area contributed by atoms with Crippen LogP contribution in [0.25, 0.3) is 39.5 Å². The minimum Gasteiger partial charge on any atom is -0.383 e. The van der Waals surface area contributed by atoms with Crippen LogP contribution in [0.2, 0.25) is 0 Å². The molecule has 1 aliphatic carbocycles. The van der Waals surface area contributed by atoms with Crippen LogP contribution in [0.5, 0.6) is 0 Å². The summed E-state index contributed by atoms with van der Waals surface area (Å²) in [6.07, 6.45) is 12.2. The molecule has 3 N–H and O–H groups in total. The van der Waals surface area contributed by atoms with Gasteiger partial charge in [-0.2, -0.15) is 0 Å². The summed E-state index contributed by atoms with van der Waals surface area (Å²) in [4.78, 5) is 32.0. The van der Waals surface area contributed by atoms with E-state index in [4.69, 9.17) is 20.7 Å². The number of imidazole rings is 1. The molecule has 0 saturated heterocycles. The summed E-state index contributed by atoms with van der Waals surface area (Å²) < 4.78 is 2.01. The molecule has 46 heavy (non-hydrogen) atoms. The van der Waals surface area contributed by atoms with Crippen molar-refractivity contribution in [3.63, 3.8) is 0 Å². The maximum atomic E-state index is 13.0. The average molecular weight is 608 g/mol. The molecule has 230 valence electrons. The van der Waals surface area contributed by atoms with E-state index in [1.54, 1.807) is 12.4 Å². The van der Waals surface area contributed by atoms with Gasteiger partial charge in [-0.05, 0) is 66.9 Å². The Labute approximate surface area is 268 Å². The molecule has 1 saturated carbocycles. The second kappa shape index (κ2) is 13.3. The number of anilines is 1. The minimum atomic E-state index is -0.131. The van der Waals surface area contributed by atoms with Crippen molar-refractivity contribution in [1.82, 2.24) is 29.8 Å². The molecule has 8 heteroatoms. The van der Waals surface area contributed by atoms with E-state index >= 15 is 0 Å². The lowest BCUT2D eigenvalue weighted by molar-refractivity contribution is 0.0950. The van der Waals surface area contributed by atoms with Gasteiger partial charge in [0.15, 0.2) is 11.5 Å². The number of nitrogens with two attached hydrogens (primary N) is 1. The molecule has 0 spiro atoms. The minimum absolute atomic E-state index is 0.131. The first-order chi connectivity index (χ1) is 22.6. The maximum absolute atomic E-state index is 13.0. The first-order valence-electron chi connectivity index (χ1n) is 16.1. The van der Waals surface area contributed by atoms with Gasteiger partial charge in [-0.1, -0.05) is 74.6 Å². The van der Waals surface area contributed by atoms with Crippen LogP contribution in [-0.2, 0) is 6.54 Å². The summed E-state index contributed by atoms with van der Waals surface area (Å²) in [5.41, 5.74) is 13.9. The average Bonchev–Trinajstić information content (AvgIpc) is 3.46. The van der Waals surface area contributed by atoms with Crippen LogP contribution >= 0.6 is 0 Å². The number of rotatable bonds is 7. The quantitative estimate of drug-likeness (QED) is 0.191. The van der Waals surface area contributed by atoms with Crippen molar-refractivity contribution in [2.45, 2.75) is 57.4 Å². The number of nitrogens with one attached hydrogen (secondary N) is 1. The maximum Gasteiger partial charge on any atom is 0.253 e. The standard InChI is InChI=1S/C38H37N7O/c39-35-31(14-9-23-40-35)36-44-34-22-21-33(28-12-7-4-8-13-28)43-37(34)45(36)30-18-15-26(16-19-30)24-42-38(46)29-17-20-32(41-25-29)27-10-5-2-1-3-6-11-27/h4,7-9,12-23,25,27H,1-3,5-6,10-11,24H2,(H2,39,40)(H,42,46). The fourth-order valence-electron chi connectivity index (χ4n) is 6.34. The second-order valence-electron chi connectivity index (χ2n) is 12.0. The molecule has 0 unspecified atom stereocenters. The fourth-order valence-corrected chi connectivity index (χ4v) is 6.34. The van der Waals surface area contributed by atoms with Crippen LogP contribution in [0.15, 0.2) is 103 Å². The summed E-state index contributed by atoms with van der Waals surface area (Å²) in [6, 6.07) is 29.8. The zero-order chi connectivity index (χ0) is 31.3. The summed E-state index contributed by atoms with van der Waals surface area (Å²) in [5, 5.41) is 3.05. The molecular formula is C38H37N7O. The molecule has 4 aromatic heterocycles. The molecule has 1 aliphatic rings. The van der Waals surface area contributed by atoms with Gasteiger partial charge in [0.2, 0.25) is 0 Å². The summed E-state index contributed by atoms with van der Waals surface area (Å²) in [5.74, 6) is 1.43. The van der Waals surface area contributed by atoms with E-state index in [0.29, 0.717) is 29.7 Å². The van der Waals surface area contributed by atoms with Crippen LogP contribution in [0.3, 0.4) is 0 Å². The van der Waals surface area contributed by atoms with Crippen molar-refractivity contribution < 1.29 is 4.79 Å². The predicted octanol–water partition coefficient (Wildman–Crippen LogP) is 7.88. The third-order valence-electron chi connectivity index (χ3n) is 8.87. The topological polar surface area (TPSA) is 112 Å². The van der Waals surface area contributed by atoms with E-state index in [9.17, 15) is 4.79 Å². The number of nitrogen functional groups attached to an aromatic ring is 1. The number of carbonyl (C=O) groups excluding carboxylic acids is 1. The van der Waals surface area contributed by atoms with Crippen molar-refractivity contribution in [3.8, 4) is 28.3 Å². The number of hydrogen-bond acceptors (Lipinski definition) is 6. The smallest absolute Gasteiger partial charge is 0.253 e. The fraction of sp³-hybridized carbons (Fsp3) is 0.237. The highest BCUT2D eigenvalue weighted by Crippen LogP contribution is 2.32. The van der Waals surface area contributed by atoms with Gasteiger partial charge in [-0.15, -0.1) is 0 Å². The van der Waals surface area contributed by atoms with Crippen LogP contribution < -0.4 is 11.1 Å². The van der Waals surface area contributed by atoms with Crippen molar-refractivity contribution >= 4 is 22.9 Å². The molecule has 2 aromatic carbocycles. The van der Waals surface area contributed by atoms with Gasteiger partial charge >= 0.3 is 0 Å². The molecule has 0 radical (unpaired) electrons. The highest BCUT2D eigenvalue weighted by molar-refractivity contribution is 5.93. The van der Waals surface area contributed by atoms with Crippen LogP contribution in [0.1, 0.15) is 72.5 Å². The summed E-state index contributed by atoms with van der Waals surface area (Å²) in [7, 11) is 0. The van der Waals surface area contributed by atoms with Crippen LogP contribution in [0.4, 0.5) is 5.82 Å². The van der Waals surface area contributed by atoms with Gasteiger partial charge in [0.1, 0.15) is 11.3 Å². The van der Waals surface area contributed by atoms with E-state index in [1.165, 1.54) is 44.9 Å². The van der Waals surface area contributed by atoms with E-state index in [0.717, 1.165) is 44.9 Å².